The first-order valence-electron chi connectivity index (χ1n) is 6.19. The first-order chi connectivity index (χ1) is 8.79. The van der Waals surface area contributed by atoms with Crippen LogP contribution in [0.4, 0.5) is 0 Å². The first kappa shape index (κ1) is 13.1. The molecule has 0 spiro atoms. The second-order valence-corrected chi connectivity index (χ2v) is 5.51. The molecule has 1 aliphatic rings. The van der Waals surface area contributed by atoms with E-state index >= 15 is 0 Å². The largest absolute Gasteiger partial charge is 0.355 e. The molecule has 1 amide bonds. The second-order valence-electron chi connectivity index (χ2n) is 4.47. The van der Waals surface area contributed by atoms with Crippen LogP contribution in [-0.4, -0.2) is 36.5 Å². The van der Waals surface area contributed by atoms with E-state index in [0.717, 1.165) is 19.3 Å². The quantitative estimate of drug-likeness (QED) is 0.756. The Labute approximate surface area is 111 Å². The van der Waals surface area contributed by atoms with Gasteiger partial charge < -0.3 is 5.32 Å². The number of rotatable bonds is 7. The van der Waals surface area contributed by atoms with Crippen molar-refractivity contribution in [3.05, 3.63) is 22.4 Å². The molecule has 1 aromatic heterocycles. The number of hydrogen-bond acceptors (Lipinski definition) is 4. The number of carbonyl (C=O) groups is 1. The minimum absolute atomic E-state index is 0.0220. The Morgan fingerprint density at radius 1 is 1.61 bits per heavy atom. The second kappa shape index (κ2) is 6.53. The number of carbonyl (C=O) groups excluding carboxylic acids is 1. The Morgan fingerprint density at radius 3 is 3.06 bits per heavy atom. The zero-order valence-electron chi connectivity index (χ0n) is 10.3. The summed E-state index contributed by atoms with van der Waals surface area (Å²) in [7, 11) is 0. The fourth-order valence-corrected chi connectivity index (χ4v) is 2.57. The molecule has 0 aromatic carbocycles. The van der Waals surface area contributed by atoms with Crippen LogP contribution in [0.3, 0.4) is 0 Å². The molecule has 1 saturated carbocycles. The summed E-state index contributed by atoms with van der Waals surface area (Å²) in [6, 6.07) is 6.66. The molecule has 2 rings (SSSR count). The summed E-state index contributed by atoms with van der Waals surface area (Å²) in [5.74, 6) is 0.0220. The van der Waals surface area contributed by atoms with Crippen molar-refractivity contribution in [3.63, 3.8) is 0 Å². The third-order valence-corrected chi connectivity index (χ3v) is 3.89. The lowest BCUT2D eigenvalue weighted by Gasteiger charge is -2.17. The molecule has 1 aromatic rings. The van der Waals surface area contributed by atoms with Crippen LogP contribution >= 0.6 is 11.3 Å². The van der Waals surface area contributed by atoms with Crippen LogP contribution in [0.2, 0.25) is 0 Å². The monoisotopic (exact) mass is 263 g/mol. The van der Waals surface area contributed by atoms with Gasteiger partial charge in [0.15, 0.2) is 0 Å². The highest BCUT2D eigenvalue weighted by molar-refractivity contribution is 7.09. The summed E-state index contributed by atoms with van der Waals surface area (Å²) < 4.78 is 0. The van der Waals surface area contributed by atoms with Gasteiger partial charge in [0.25, 0.3) is 0 Å². The summed E-state index contributed by atoms with van der Waals surface area (Å²) in [4.78, 5) is 15.0. The van der Waals surface area contributed by atoms with Crippen molar-refractivity contribution in [2.24, 2.45) is 0 Å². The third-order valence-electron chi connectivity index (χ3n) is 2.96. The average molecular weight is 263 g/mol. The highest BCUT2D eigenvalue weighted by Gasteiger charge is 2.29. The molecule has 5 heteroatoms. The molecule has 96 valence electrons. The van der Waals surface area contributed by atoms with Crippen LogP contribution in [0.25, 0.3) is 0 Å². The molecule has 0 unspecified atom stereocenters. The molecule has 1 heterocycles. The van der Waals surface area contributed by atoms with Crippen LogP contribution in [0.5, 0.6) is 0 Å². The number of nitrogens with zero attached hydrogens (tertiary/aromatic N) is 2. The van der Waals surface area contributed by atoms with Gasteiger partial charge in [0.2, 0.25) is 5.91 Å². The molecule has 1 fully saturated rings. The molecular formula is C13H17N3OS. The van der Waals surface area contributed by atoms with E-state index in [9.17, 15) is 4.79 Å². The van der Waals surface area contributed by atoms with Gasteiger partial charge in [-0.05, 0) is 30.7 Å². The van der Waals surface area contributed by atoms with Gasteiger partial charge in [-0.2, -0.15) is 5.26 Å². The van der Waals surface area contributed by atoms with Crippen molar-refractivity contribution in [3.8, 4) is 6.07 Å². The number of amides is 1. The average Bonchev–Trinajstić information content (AvgIpc) is 3.07. The molecule has 4 nitrogen and oxygen atoms in total. The Kier molecular flexibility index (Phi) is 4.73. The Morgan fingerprint density at radius 2 is 2.44 bits per heavy atom. The van der Waals surface area contributed by atoms with Gasteiger partial charge in [0.05, 0.1) is 19.2 Å². The highest BCUT2D eigenvalue weighted by atomic mass is 32.1. The van der Waals surface area contributed by atoms with E-state index < -0.39 is 0 Å². The van der Waals surface area contributed by atoms with Crippen molar-refractivity contribution >= 4 is 17.2 Å². The topological polar surface area (TPSA) is 56.1 Å². The van der Waals surface area contributed by atoms with E-state index in [0.29, 0.717) is 25.7 Å². The van der Waals surface area contributed by atoms with E-state index in [4.69, 9.17) is 5.26 Å². The van der Waals surface area contributed by atoms with Crippen LogP contribution in [0.1, 0.15) is 17.7 Å². The van der Waals surface area contributed by atoms with Crippen LogP contribution in [-0.2, 0) is 11.2 Å². The maximum atomic E-state index is 11.7. The van der Waals surface area contributed by atoms with Crippen LogP contribution in [0, 0.1) is 11.3 Å². The minimum atomic E-state index is 0.0220. The minimum Gasteiger partial charge on any atom is -0.355 e. The van der Waals surface area contributed by atoms with Crippen molar-refractivity contribution in [1.82, 2.24) is 10.2 Å². The van der Waals surface area contributed by atoms with Crippen LogP contribution < -0.4 is 5.32 Å². The predicted octanol–water partition coefficient (Wildman–Crippen LogP) is 1.39. The Bertz CT molecular complexity index is 420. The summed E-state index contributed by atoms with van der Waals surface area (Å²) in [5, 5.41) is 13.7. The molecule has 0 bridgehead atoms. The normalized spacial score (nSPS) is 14.4. The van der Waals surface area contributed by atoms with E-state index in [1.54, 1.807) is 11.3 Å². The summed E-state index contributed by atoms with van der Waals surface area (Å²) in [6.07, 6.45) is 3.11. The number of hydrogen-bond donors (Lipinski definition) is 1. The number of thiophene rings is 1. The standard InChI is InChI=1S/C13H17N3OS/c14-6-8-16(11-3-4-11)10-13(17)15-7-5-12-2-1-9-18-12/h1-2,9,11H,3-5,7-8,10H2,(H,15,17). The lowest BCUT2D eigenvalue weighted by molar-refractivity contribution is -0.122. The molecule has 0 atom stereocenters. The van der Waals surface area contributed by atoms with Gasteiger partial charge in [-0.3, -0.25) is 9.69 Å². The maximum absolute atomic E-state index is 11.7. The van der Waals surface area contributed by atoms with E-state index in [2.05, 4.69) is 17.5 Å². The molecule has 18 heavy (non-hydrogen) atoms. The zero-order chi connectivity index (χ0) is 12.8. The van der Waals surface area contributed by atoms with Crippen molar-refractivity contribution in [1.29, 1.82) is 5.26 Å². The molecule has 0 saturated heterocycles. The summed E-state index contributed by atoms with van der Waals surface area (Å²) in [5.41, 5.74) is 0. The van der Waals surface area contributed by atoms with Gasteiger partial charge in [0.1, 0.15) is 0 Å². The fourth-order valence-electron chi connectivity index (χ4n) is 1.86. The van der Waals surface area contributed by atoms with Gasteiger partial charge in [0, 0.05) is 17.5 Å². The zero-order valence-corrected chi connectivity index (χ0v) is 11.1. The number of nitriles is 1. The van der Waals surface area contributed by atoms with Gasteiger partial charge >= 0.3 is 0 Å². The molecule has 1 aliphatic carbocycles. The smallest absolute Gasteiger partial charge is 0.234 e. The molecule has 1 N–H and O–H groups in total. The Balaban J connectivity index is 1.66. The van der Waals surface area contributed by atoms with E-state index in [1.165, 1.54) is 4.88 Å². The van der Waals surface area contributed by atoms with Crippen molar-refractivity contribution in [2.45, 2.75) is 25.3 Å². The number of nitrogens with one attached hydrogen (secondary N) is 1. The predicted molar refractivity (Wildman–Crippen MR) is 71.2 cm³/mol. The summed E-state index contributed by atoms with van der Waals surface area (Å²) >= 11 is 1.71. The SMILES string of the molecule is N#CCN(CC(=O)NCCc1cccs1)C1CC1. The van der Waals surface area contributed by atoms with Gasteiger partial charge in [-0.25, -0.2) is 0 Å². The maximum Gasteiger partial charge on any atom is 0.234 e. The van der Waals surface area contributed by atoms with Crippen LogP contribution in [0.15, 0.2) is 17.5 Å². The van der Waals surface area contributed by atoms with E-state index in [-0.39, 0.29) is 5.91 Å². The van der Waals surface area contributed by atoms with Crippen molar-refractivity contribution < 1.29 is 4.79 Å². The fraction of sp³-hybridized carbons (Fsp3) is 0.538. The Hall–Kier alpha value is -1.38. The van der Waals surface area contributed by atoms with Gasteiger partial charge in [-0.1, -0.05) is 6.07 Å². The van der Waals surface area contributed by atoms with Crippen molar-refractivity contribution in [2.75, 3.05) is 19.6 Å². The first-order valence-corrected chi connectivity index (χ1v) is 7.07. The van der Waals surface area contributed by atoms with E-state index in [1.807, 2.05) is 16.3 Å². The molecular weight excluding hydrogens is 246 g/mol. The summed E-state index contributed by atoms with van der Waals surface area (Å²) in [6.45, 7) is 1.37. The molecule has 0 radical (unpaired) electrons. The third kappa shape index (κ3) is 4.13. The lowest BCUT2D eigenvalue weighted by Crippen LogP contribution is -2.39. The lowest BCUT2D eigenvalue weighted by atomic mass is 10.3. The highest BCUT2D eigenvalue weighted by Crippen LogP contribution is 2.25. The molecule has 0 aliphatic heterocycles. The van der Waals surface area contributed by atoms with Gasteiger partial charge in [-0.15, -0.1) is 11.3 Å².